The van der Waals surface area contributed by atoms with Gasteiger partial charge in [0, 0.05) is 25.2 Å². The summed E-state index contributed by atoms with van der Waals surface area (Å²) in [6.45, 7) is 3.95. The SMILES string of the molecule is CC1CCCC(CN)N1Cc1ccc(O)cc1. The van der Waals surface area contributed by atoms with Crippen molar-refractivity contribution in [1.29, 1.82) is 0 Å². The van der Waals surface area contributed by atoms with Crippen LogP contribution in [0.25, 0.3) is 0 Å². The second kappa shape index (κ2) is 5.52. The summed E-state index contributed by atoms with van der Waals surface area (Å²) in [4.78, 5) is 2.50. The number of rotatable bonds is 3. The van der Waals surface area contributed by atoms with Crippen LogP contribution in [0.5, 0.6) is 5.75 Å². The van der Waals surface area contributed by atoms with E-state index in [0.29, 0.717) is 17.8 Å². The summed E-state index contributed by atoms with van der Waals surface area (Å²) in [7, 11) is 0. The number of nitrogens with zero attached hydrogens (tertiary/aromatic N) is 1. The summed E-state index contributed by atoms with van der Waals surface area (Å²) < 4.78 is 0. The molecule has 0 radical (unpaired) electrons. The molecule has 0 bridgehead atoms. The first kappa shape index (κ1) is 12.4. The van der Waals surface area contributed by atoms with Crippen molar-refractivity contribution < 1.29 is 5.11 Å². The highest BCUT2D eigenvalue weighted by molar-refractivity contribution is 5.25. The molecule has 1 aromatic rings. The van der Waals surface area contributed by atoms with Gasteiger partial charge in [0.25, 0.3) is 0 Å². The van der Waals surface area contributed by atoms with E-state index in [1.165, 1.54) is 24.8 Å². The minimum atomic E-state index is 0.329. The Hall–Kier alpha value is -1.06. The van der Waals surface area contributed by atoms with Crippen molar-refractivity contribution >= 4 is 0 Å². The van der Waals surface area contributed by atoms with Crippen LogP contribution in [-0.2, 0) is 6.54 Å². The predicted octanol–water partition coefficient (Wildman–Crippen LogP) is 2.09. The number of benzene rings is 1. The molecule has 0 saturated carbocycles. The second-order valence-electron chi connectivity index (χ2n) is 5.01. The largest absolute Gasteiger partial charge is 0.508 e. The fourth-order valence-electron chi connectivity index (χ4n) is 2.69. The summed E-state index contributed by atoms with van der Waals surface area (Å²) in [5.41, 5.74) is 7.10. The molecule has 0 aliphatic carbocycles. The summed E-state index contributed by atoms with van der Waals surface area (Å²) in [5.74, 6) is 0.329. The zero-order valence-electron chi connectivity index (χ0n) is 10.5. The Bertz CT molecular complexity index is 350. The number of likely N-dealkylation sites (tertiary alicyclic amines) is 1. The lowest BCUT2D eigenvalue weighted by Crippen LogP contribution is -2.48. The van der Waals surface area contributed by atoms with Gasteiger partial charge in [-0.25, -0.2) is 0 Å². The van der Waals surface area contributed by atoms with Crippen LogP contribution in [0, 0.1) is 0 Å². The minimum absolute atomic E-state index is 0.329. The molecule has 0 spiro atoms. The lowest BCUT2D eigenvalue weighted by atomic mass is 9.95. The van der Waals surface area contributed by atoms with Crippen LogP contribution < -0.4 is 5.73 Å². The third-order valence-corrected chi connectivity index (χ3v) is 3.77. The third-order valence-electron chi connectivity index (χ3n) is 3.77. The molecule has 3 nitrogen and oxygen atoms in total. The molecule has 1 heterocycles. The Labute approximate surface area is 103 Å². The van der Waals surface area contributed by atoms with Crippen LogP contribution in [-0.4, -0.2) is 28.6 Å². The Morgan fingerprint density at radius 2 is 2.00 bits per heavy atom. The topological polar surface area (TPSA) is 49.5 Å². The predicted molar refractivity (Wildman–Crippen MR) is 69.8 cm³/mol. The van der Waals surface area contributed by atoms with Gasteiger partial charge in [0.1, 0.15) is 5.75 Å². The average molecular weight is 234 g/mol. The van der Waals surface area contributed by atoms with Gasteiger partial charge in [-0.2, -0.15) is 0 Å². The second-order valence-corrected chi connectivity index (χ2v) is 5.01. The molecule has 1 aliphatic heterocycles. The smallest absolute Gasteiger partial charge is 0.115 e. The van der Waals surface area contributed by atoms with E-state index in [2.05, 4.69) is 11.8 Å². The van der Waals surface area contributed by atoms with Crippen molar-refractivity contribution in [3.05, 3.63) is 29.8 Å². The minimum Gasteiger partial charge on any atom is -0.508 e. The van der Waals surface area contributed by atoms with Crippen LogP contribution in [0.2, 0.25) is 0 Å². The normalized spacial score (nSPS) is 26.0. The number of phenols is 1. The van der Waals surface area contributed by atoms with Crippen molar-refractivity contribution in [1.82, 2.24) is 4.90 Å². The molecule has 3 N–H and O–H groups in total. The zero-order chi connectivity index (χ0) is 12.3. The molecular formula is C14H22N2O. The Morgan fingerprint density at radius 1 is 1.29 bits per heavy atom. The Balaban J connectivity index is 2.06. The van der Waals surface area contributed by atoms with Crippen LogP contribution in [0.4, 0.5) is 0 Å². The van der Waals surface area contributed by atoms with E-state index in [0.717, 1.165) is 13.1 Å². The summed E-state index contributed by atoms with van der Waals surface area (Å²) >= 11 is 0. The fourth-order valence-corrected chi connectivity index (χ4v) is 2.69. The van der Waals surface area contributed by atoms with Crippen LogP contribution in [0.3, 0.4) is 0 Å². The number of nitrogens with two attached hydrogens (primary N) is 1. The van der Waals surface area contributed by atoms with Crippen LogP contribution in [0.15, 0.2) is 24.3 Å². The van der Waals surface area contributed by atoms with E-state index >= 15 is 0 Å². The van der Waals surface area contributed by atoms with Crippen LogP contribution in [0.1, 0.15) is 31.7 Å². The van der Waals surface area contributed by atoms with Gasteiger partial charge in [-0.15, -0.1) is 0 Å². The molecule has 2 unspecified atom stereocenters. The highest BCUT2D eigenvalue weighted by Crippen LogP contribution is 2.24. The van der Waals surface area contributed by atoms with Gasteiger partial charge >= 0.3 is 0 Å². The van der Waals surface area contributed by atoms with E-state index in [4.69, 9.17) is 5.73 Å². The van der Waals surface area contributed by atoms with Crippen molar-refractivity contribution in [2.45, 2.75) is 44.8 Å². The van der Waals surface area contributed by atoms with Crippen molar-refractivity contribution in [3.63, 3.8) is 0 Å². The number of piperidine rings is 1. The monoisotopic (exact) mass is 234 g/mol. The van der Waals surface area contributed by atoms with Gasteiger partial charge in [-0.05, 0) is 37.5 Å². The van der Waals surface area contributed by atoms with E-state index in [1.807, 2.05) is 12.1 Å². The van der Waals surface area contributed by atoms with Crippen molar-refractivity contribution in [2.75, 3.05) is 6.54 Å². The van der Waals surface area contributed by atoms with E-state index in [-0.39, 0.29) is 0 Å². The highest BCUT2D eigenvalue weighted by atomic mass is 16.3. The molecule has 1 aromatic carbocycles. The molecule has 17 heavy (non-hydrogen) atoms. The molecule has 94 valence electrons. The average Bonchev–Trinajstić information content (AvgIpc) is 2.34. The van der Waals surface area contributed by atoms with E-state index in [1.54, 1.807) is 12.1 Å². The van der Waals surface area contributed by atoms with Gasteiger partial charge in [0.05, 0.1) is 0 Å². The Kier molecular flexibility index (Phi) is 4.02. The molecule has 1 aliphatic rings. The number of aromatic hydroxyl groups is 1. The first-order valence-corrected chi connectivity index (χ1v) is 6.44. The molecule has 1 saturated heterocycles. The molecule has 2 atom stereocenters. The molecular weight excluding hydrogens is 212 g/mol. The first-order valence-electron chi connectivity index (χ1n) is 6.44. The summed E-state index contributed by atoms with van der Waals surface area (Å²) in [6, 6.07) is 8.59. The molecule has 0 aromatic heterocycles. The van der Waals surface area contributed by atoms with Gasteiger partial charge < -0.3 is 10.8 Å². The quantitative estimate of drug-likeness (QED) is 0.842. The number of hydrogen-bond acceptors (Lipinski definition) is 3. The highest BCUT2D eigenvalue weighted by Gasteiger charge is 2.26. The standard InChI is InChI=1S/C14H22N2O/c1-11-3-2-4-13(9-15)16(11)10-12-5-7-14(17)8-6-12/h5-8,11,13,17H,2-4,9-10,15H2,1H3. The zero-order valence-corrected chi connectivity index (χ0v) is 10.5. The molecule has 0 amide bonds. The molecule has 2 rings (SSSR count). The van der Waals surface area contributed by atoms with E-state index < -0.39 is 0 Å². The fraction of sp³-hybridized carbons (Fsp3) is 0.571. The van der Waals surface area contributed by atoms with Gasteiger partial charge in [0.2, 0.25) is 0 Å². The lowest BCUT2D eigenvalue weighted by molar-refractivity contribution is 0.0892. The number of phenolic OH excluding ortho intramolecular Hbond substituents is 1. The maximum absolute atomic E-state index is 9.28. The van der Waals surface area contributed by atoms with Gasteiger partial charge in [0.15, 0.2) is 0 Å². The first-order chi connectivity index (χ1) is 8.20. The van der Waals surface area contributed by atoms with Crippen molar-refractivity contribution in [3.8, 4) is 5.75 Å². The van der Waals surface area contributed by atoms with E-state index in [9.17, 15) is 5.11 Å². The maximum atomic E-state index is 9.28. The van der Waals surface area contributed by atoms with Crippen LogP contribution >= 0.6 is 0 Å². The third kappa shape index (κ3) is 2.99. The Morgan fingerprint density at radius 3 is 2.65 bits per heavy atom. The van der Waals surface area contributed by atoms with Gasteiger partial charge in [-0.3, -0.25) is 4.90 Å². The summed E-state index contributed by atoms with van der Waals surface area (Å²) in [6.07, 6.45) is 3.75. The summed E-state index contributed by atoms with van der Waals surface area (Å²) in [5, 5.41) is 9.28. The van der Waals surface area contributed by atoms with Gasteiger partial charge in [-0.1, -0.05) is 18.6 Å². The number of hydrogen-bond donors (Lipinski definition) is 2. The lowest BCUT2D eigenvalue weighted by Gasteiger charge is -2.40. The van der Waals surface area contributed by atoms with Crippen molar-refractivity contribution in [2.24, 2.45) is 5.73 Å². The molecule has 3 heteroatoms. The molecule has 1 fully saturated rings. The maximum Gasteiger partial charge on any atom is 0.115 e.